The fourth-order valence-corrected chi connectivity index (χ4v) is 2.54. The first-order chi connectivity index (χ1) is 12.6. The van der Waals surface area contributed by atoms with Crippen molar-refractivity contribution in [1.29, 1.82) is 0 Å². The molecule has 6 heteroatoms. The third-order valence-electron chi connectivity index (χ3n) is 3.39. The van der Waals surface area contributed by atoms with Crippen LogP contribution in [0.15, 0.2) is 59.6 Å². The molecule has 2 aromatic rings. The van der Waals surface area contributed by atoms with Gasteiger partial charge in [-0.15, -0.1) is 0 Å². The summed E-state index contributed by atoms with van der Waals surface area (Å²) >= 11 is 3.37. The highest BCUT2D eigenvalue weighted by Gasteiger charge is 2.07. The van der Waals surface area contributed by atoms with Gasteiger partial charge in [-0.3, -0.25) is 4.79 Å². The van der Waals surface area contributed by atoms with E-state index >= 15 is 0 Å². The monoisotopic (exact) mass is 417 g/mol. The number of ether oxygens (including phenoxy) is 3. The molecule has 0 aromatic heterocycles. The maximum atomic E-state index is 12.2. The maximum absolute atomic E-state index is 12.2. The zero-order valence-corrected chi connectivity index (χ0v) is 16.2. The smallest absolute Gasteiger partial charge is 0.248 e. The number of amides is 1. The van der Waals surface area contributed by atoms with Crippen molar-refractivity contribution in [1.82, 2.24) is 0 Å². The normalized spacial score (nSPS) is 10.4. The molecule has 0 saturated carbocycles. The number of benzene rings is 2. The molecule has 0 saturated heterocycles. The number of nitrogens with one attached hydrogen (secondary N) is 1. The van der Waals surface area contributed by atoms with E-state index in [-0.39, 0.29) is 5.91 Å². The second kappa shape index (κ2) is 9.68. The van der Waals surface area contributed by atoms with Crippen molar-refractivity contribution in [2.24, 2.45) is 0 Å². The Morgan fingerprint density at radius 2 is 1.85 bits per heavy atom. The molecule has 5 nitrogen and oxygen atoms in total. The Labute approximate surface area is 161 Å². The van der Waals surface area contributed by atoms with E-state index in [0.29, 0.717) is 29.5 Å². The summed E-state index contributed by atoms with van der Waals surface area (Å²) < 4.78 is 16.9. The molecule has 26 heavy (non-hydrogen) atoms. The molecular weight excluding hydrogens is 398 g/mol. The Hall–Kier alpha value is -2.73. The van der Waals surface area contributed by atoms with E-state index in [1.807, 2.05) is 12.1 Å². The summed E-state index contributed by atoms with van der Waals surface area (Å²) in [5.41, 5.74) is 1.39. The average molecular weight is 418 g/mol. The fraction of sp³-hybridized carbons (Fsp3) is 0.150. The van der Waals surface area contributed by atoms with Gasteiger partial charge in [-0.2, -0.15) is 0 Å². The van der Waals surface area contributed by atoms with Crippen LogP contribution in [0.25, 0.3) is 6.08 Å². The van der Waals surface area contributed by atoms with Gasteiger partial charge in [-0.05, 0) is 42.0 Å². The van der Waals surface area contributed by atoms with Crippen LogP contribution in [0.5, 0.6) is 17.2 Å². The minimum atomic E-state index is -0.271. The summed E-state index contributed by atoms with van der Waals surface area (Å²) in [6.45, 7) is 4.01. The number of methoxy groups -OCH3 is 2. The van der Waals surface area contributed by atoms with E-state index in [4.69, 9.17) is 14.2 Å². The predicted octanol–water partition coefficient (Wildman–Crippen LogP) is 4.68. The van der Waals surface area contributed by atoms with Crippen LogP contribution in [-0.2, 0) is 4.79 Å². The van der Waals surface area contributed by atoms with Gasteiger partial charge in [0.05, 0.1) is 19.9 Å². The van der Waals surface area contributed by atoms with Crippen LogP contribution in [0, 0.1) is 0 Å². The van der Waals surface area contributed by atoms with Gasteiger partial charge in [0.2, 0.25) is 5.91 Å². The Morgan fingerprint density at radius 3 is 2.54 bits per heavy atom. The molecule has 136 valence electrons. The van der Waals surface area contributed by atoms with Crippen LogP contribution in [0.4, 0.5) is 5.69 Å². The third kappa shape index (κ3) is 5.39. The molecule has 0 aliphatic carbocycles. The second-order valence-electron chi connectivity index (χ2n) is 5.18. The first-order valence-corrected chi connectivity index (χ1v) is 8.61. The minimum absolute atomic E-state index is 0.271. The molecule has 1 amide bonds. The van der Waals surface area contributed by atoms with Gasteiger partial charge >= 0.3 is 0 Å². The van der Waals surface area contributed by atoms with E-state index in [1.54, 1.807) is 50.6 Å². The Kier molecular flexibility index (Phi) is 7.29. The minimum Gasteiger partial charge on any atom is -0.495 e. The lowest BCUT2D eigenvalue weighted by Gasteiger charge is -2.10. The van der Waals surface area contributed by atoms with Crippen LogP contribution in [0.3, 0.4) is 0 Å². The quantitative estimate of drug-likeness (QED) is 0.500. The molecule has 2 aromatic carbocycles. The SMILES string of the molecule is C=CCOc1ccc(C=CC(=O)Nc2cc(Br)ccc2OC)cc1OC. The van der Waals surface area contributed by atoms with Crippen LogP contribution < -0.4 is 19.5 Å². The number of rotatable bonds is 8. The van der Waals surface area contributed by atoms with Crippen LogP contribution in [0.2, 0.25) is 0 Å². The highest BCUT2D eigenvalue weighted by molar-refractivity contribution is 9.10. The van der Waals surface area contributed by atoms with Crippen molar-refractivity contribution in [2.45, 2.75) is 0 Å². The zero-order chi connectivity index (χ0) is 18.9. The van der Waals surface area contributed by atoms with Crippen molar-refractivity contribution in [3.8, 4) is 17.2 Å². The molecule has 2 rings (SSSR count). The lowest BCUT2D eigenvalue weighted by Crippen LogP contribution is -2.08. The summed E-state index contributed by atoms with van der Waals surface area (Å²) in [5, 5.41) is 2.79. The van der Waals surface area contributed by atoms with Gasteiger partial charge in [0, 0.05) is 10.5 Å². The molecule has 0 radical (unpaired) electrons. The van der Waals surface area contributed by atoms with Gasteiger partial charge in [0.15, 0.2) is 11.5 Å². The first-order valence-electron chi connectivity index (χ1n) is 7.81. The fourth-order valence-electron chi connectivity index (χ4n) is 2.18. The summed E-state index contributed by atoms with van der Waals surface area (Å²) in [6.07, 6.45) is 4.80. The first kappa shape index (κ1) is 19.6. The van der Waals surface area contributed by atoms with E-state index in [2.05, 4.69) is 27.8 Å². The lowest BCUT2D eigenvalue weighted by atomic mass is 10.2. The van der Waals surface area contributed by atoms with Crippen molar-refractivity contribution < 1.29 is 19.0 Å². The van der Waals surface area contributed by atoms with Crippen molar-refractivity contribution in [3.05, 3.63) is 65.2 Å². The van der Waals surface area contributed by atoms with E-state index in [9.17, 15) is 4.79 Å². The van der Waals surface area contributed by atoms with Gasteiger partial charge in [-0.1, -0.05) is 34.7 Å². The van der Waals surface area contributed by atoms with Crippen LogP contribution in [-0.4, -0.2) is 26.7 Å². The molecule has 0 unspecified atom stereocenters. The zero-order valence-electron chi connectivity index (χ0n) is 14.6. The lowest BCUT2D eigenvalue weighted by molar-refractivity contribution is -0.111. The number of carbonyl (C=O) groups excluding carboxylic acids is 1. The summed E-state index contributed by atoms with van der Waals surface area (Å²) in [7, 11) is 3.12. The summed E-state index contributed by atoms with van der Waals surface area (Å²) in [5.74, 6) is 1.52. The second-order valence-corrected chi connectivity index (χ2v) is 6.09. The van der Waals surface area contributed by atoms with Gasteiger partial charge < -0.3 is 19.5 Å². The molecule has 0 heterocycles. The van der Waals surface area contributed by atoms with Gasteiger partial charge in [0.25, 0.3) is 0 Å². The standard InChI is InChI=1S/C20H20BrNO4/c1-4-11-26-18-8-5-14(12-19(18)25-3)6-10-20(23)22-16-13-15(21)7-9-17(16)24-2/h4-10,12-13H,1,11H2,2-3H3,(H,22,23). The molecule has 0 spiro atoms. The predicted molar refractivity (Wildman–Crippen MR) is 107 cm³/mol. The number of halogens is 1. The average Bonchev–Trinajstić information content (AvgIpc) is 2.65. The number of hydrogen-bond acceptors (Lipinski definition) is 4. The van der Waals surface area contributed by atoms with E-state index in [1.165, 1.54) is 6.08 Å². The maximum Gasteiger partial charge on any atom is 0.248 e. The highest BCUT2D eigenvalue weighted by Crippen LogP contribution is 2.29. The molecule has 0 fully saturated rings. The Bertz CT molecular complexity index is 817. The molecule has 0 aliphatic rings. The van der Waals surface area contributed by atoms with Crippen LogP contribution >= 0.6 is 15.9 Å². The van der Waals surface area contributed by atoms with E-state index in [0.717, 1.165) is 10.0 Å². The molecule has 0 bridgehead atoms. The number of anilines is 1. The molecule has 0 aliphatic heterocycles. The Balaban J connectivity index is 2.10. The molecular formula is C20H20BrNO4. The van der Waals surface area contributed by atoms with Crippen molar-refractivity contribution in [3.63, 3.8) is 0 Å². The van der Waals surface area contributed by atoms with E-state index < -0.39 is 0 Å². The van der Waals surface area contributed by atoms with Gasteiger partial charge in [-0.25, -0.2) is 0 Å². The van der Waals surface area contributed by atoms with Crippen molar-refractivity contribution in [2.75, 3.05) is 26.1 Å². The largest absolute Gasteiger partial charge is 0.495 e. The number of hydrogen-bond donors (Lipinski definition) is 1. The van der Waals surface area contributed by atoms with Crippen LogP contribution in [0.1, 0.15) is 5.56 Å². The molecule has 1 N–H and O–H groups in total. The summed E-state index contributed by atoms with van der Waals surface area (Å²) in [6, 6.07) is 10.8. The summed E-state index contributed by atoms with van der Waals surface area (Å²) in [4.78, 5) is 12.2. The van der Waals surface area contributed by atoms with Crippen molar-refractivity contribution >= 4 is 33.6 Å². The molecule has 0 atom stereocenters. The van der Waals surface area contributed by atoms with Gasteiger partial charge in [0.1, 0.15) is 12.4 Å². The Morgan fingerprint density at radius 1 is 1.12 bits per heavy atom. The topological polar surface area (TPSA) is 56.8 Å². The third-order valence-corrected chi connectivity index (χ3v) is 3.88. The number of carbonyl (C=O) groups is 1. The highest BCUT2D eigenvalue weighted by atomic mass is 79.9.